The zero-order valence-electron chi connectivity index (χ0n) is 11.4. The summed E-state index contributed by atoms with van der Waals surface area (Å²) in [6.45, 7) is 3.21. The molecule has 0 heterocycles. The Kier molecular flexibility index (Phi) is 6.98. The van der Waals surface area contributed by atoms with Crippen LogP contribution in [0.5, 0.6) is 5.75 Å². The molecule has 0 aromatic heterocycles. The molecule has 0 spiro atoms. The molecule has 1 unspecified atom stereocenters. The molecule has 2 nitrogen and oxygen atoms in total. The van der Waals surface area contributed by atoms with E-state index in [0.717, 1.165) is 38.0 Å². The third kappa shape index (κ3) is 4.81. The Hall–Kier alpha value is -1.46. The molecule has 18 heavy (non-hydrogen) atoms. The van der Waals surface area contributed by atoms with Crippen LogP contribution in [0.3, 0.4) is 0 Å². The lowest BCUT2D eigenvalue weighted by atomic mass is 10.0. The summed E-state index contributed by atoms with van der Waals surface area (Å²) >= 11 is 0. The minimum Gasteiger partial charge on any atom is -0.496 e. The van der Waals surface area contributed by atoms with E-state index in [1.807, 2.05) is 12.1 Å². The van der Waals surface area contributed by atoms with Gasteiger partial charge >= 0.3 is 0 Å². The second-order valence-electron chi connectivity index (χ2n) is 4.41. The van der Waals surface area contributed by atoms with Gasteiger partial charge in [-0.3, -0.25) is 0 Å². The summed E-state index contributed by atoms with van der Waals surface area (Å²) in [6, 6.07) is 8.61. The van der Waals surface area contributed by atoms with E-state index >= 15 is 0 Å². The third-order valence-electron chi connectivity index (χ3n) is 2.98. The van der Waals surface area contributed by atoms with Crippen LogP contribution in [0, 0.1) is 12.3 Å². The number of benzene rings is 1. The fourth-order valence-corrected chi connectivity index (χ4v) is 2.02. The van der Waals surface area contributed by atoms with Crippen molar-refractivity contribution in [1.29, 1.82) is 0 Å². The van der Waals surface area contributed by atoms with Crippen LogP contribution in [-0.4, -0.2) is 19.7 Å². The highest BCUT2D eigenvalue weighted by Gasteiger charge is 2.11. The standard InChI is InChI=1S/C16H23NO/c1-4-6-10-15(17-12-5-2)13-14-9-7-8-11-16(14)18-3/h1,7-9,11,15,17H,5-6,10,12-13H2,2-3H3. The first-order valence-electron chi connectivity index (χ1n) is 6.60. The van der Waals surface area contributed by atoms with Crippen molar-refractivity contribution >= 4 is 0 Å². The summed E-state index contributed by atoms with van der Waals surface area (Å²) in [6.07, 6.45) is 9.28. The number of rotatable bonds is 8. The van der Waals surface area contributed by atoms with Gasteiger partial charge in [0.05, 0.1) is 7.11 Å². The maximum atomic E-state index is 5.39. The number of para-hydroxylation sites is 1. The monoisotopic (exact) mass is 245 g/mol. The maximum Gasteiger partial charge on any atom is 0.122 e. The van der Waals surface area contributed by atoms with Gasteiger partial charge in [0.1, 0.15) is 5.75 Å². The van der Waals surface area contributed by atoms with E-state index in [1.54, 1.807) is 7.11 Å². The Bertz CT molecular complexity index is 381. The molecule has 1 aromatic rings. The zero-order chi connectivity index (χ0) is 13.2. The number of hydrogen-bond acceptors (Lipinski definition) is 2. The molecule has 1 rings (SSSR count). The number of nitrogens with one attached hydrogen (secondary N) is 1. The second kappa shape index (κ2) is 8.60. The van der Waals surface area contributed by atoms with Gasteiger partial charge in [-0.05, 0) is 37.4 Å². The van der Waals surface area contributed by atoms with Crippen molar-refractivity contribution < 1.29 is 4.74 Å². The average molecular weight is 245 g/mol. The lowest BCUT2D eigenvalue weighted by Gasteiger charge is -2.19. The molecule has 0 fully saturated rings. The molecule has 0 aliphatic rings. The number of terminal acetylenes is 1. The summed E-state index contributed by atoms with van der Waals surface area (Å²) in [4.78, 5) is 0. The highest BCUT2D eigenvalue weighted by atomic mass is 16.5. The lowest BCUT2D eigenvalue weighted by Crippen LogP contribution is -2.31. The van der Waals surface area contributed by atoms with Crippen LogP contribution >= 0.6 is 0 Å². The number of hydrogen-bond donors (Lipinski definition) is 1. The molecule has 0 saturated heterocycles. The van der Waals surface area contributed by atoms with Crippen LogP contribution in [0.15, 0.2) is 24.3 Å². The van der Waals surface area contributed by atoms with Crippen molar-refractivity contribution in [3.05, 3.63) is 29.8 Å². The minimum absolute atomic E-state index is 0.428. The Morgan fingerprint density at radius 3 is 2.83 bits per heavy atom. The first kappa shape index (κ1) is 14.6. The van der Waals surface area contributed by atoms with Crippen molar-refractivity contribution in [3.63, 3.8) is 0 Å². The van der Waals surface area contributed by atoms with E-state index in [0.29, 0.717) is 6.04 Å². The van der Waals surface area contributed by atoms with Crippen molar-refractivity contribution in [2.45, 2.75) is 38.6 Å². The summed E-state index contributed by atoms with van der Waals surface area (Å²) in [5.41, 5.74) is 1.24. The smallest absolute Gasteiger partial charge is 0.122 e. The van der Waals surface area contributed by atoms with E-state index in [1.165, 1.54) is 5.56 Å². The second-order valence-corrected chi connectivity index (χ2v) is 4.41. The first-order chi connectivity index (χ1) is 8.81. The predicted molar refractivity (Wildman–Crippen MR) is 76.8 cm³/mol. The van der Waals surface area contributed by atoms with Gasteiger partial charge in [0.25, 0.3) is 0 Å². The van der Waals surface area contributed by atoms with Crippen LogP contribution in [0.25, 0.3) is 0 Å². The number of ether oxygens (including phenoxy) is 1. The predicted octanol–water partition coefficient (Wildman–Crippen LogP) is 3.02. The molecule has 1 N–H and O–H groups in total. The zero-order valence-corrected chi connectivity index (χ0v) is 11.4. The Morgan fingerprint density at radius 2 is 2.17 bits per heavy atom. The fraction of sp³-hybridized carbons (Fsp3) is 0.500. The van der Waals surface area contributed by atoms with Gasteiger partial charge in [-0.1, -0.05) is 25.1 Å². The SMILES string of the molecule is C#CCCC(Cc1ccccc1OC)NCCC. The summed E-state index contributed by atoms with van der Waals surface area (Å²) < 4.78 is 5.39. The fourth-order valence-electron chi connectivity index (χ4n) is 2.02. The van der Waals surface area contributed by atoms with Crippen LogP contribution in [0.2, 0.25) is 0 Å². The largest absolute Gasteiger partial charge is 0.496 e. The first-order valence-corrected chi connectivity index (χ1v) is 6.60. The van der Waals surface area contributed by atoms with E-state index in [-0.39, 0.29) is 0 Å². The lowest BCUT2D eigenvalue weighted by molar-refractivity contribution is 0.402. The summed E-state index contributed by atoms with van der Waals surface area (Å²) in [5.74, 6) is 3.68. The van der Waals surface area contributed by atoms with E-state index < -0.39 is 0 Å². The molecule has 0 saturated carbocycles. The molecule has 0 amide bonds. The van der Waals surface area contributed by atoms with E-state index in [2.05, 4.69) is 30.3 Å². The molecular weight excluding hydrogens is 222 g/mol. The van der Waals surface area contributed by atoms with Gasteiger partial charge < -0.3 is 10.1 Å². The topological polar surface area (TPSA) is 21.3 Å². The molecule has 0 aliphatic carbocycles. The van der Waals surface area contributed by atoms with Crippen molar-refractivity contribution in [1.82, 2.24) is 5.32 Å². The molecule has 1 atom stereocenters. The van der Waals surface area contributed by atoms with Gasteiger partial charge in [0.15, 0.2) is 0 Å². The Labute approximate surface area is 111 Å². The Balaban J connectivity index is 2.65. The molecule has 0 aliphatic heterocycles. The van der Waals surface area contributed by atoms with Crippen molar-refractivity contribution in [2.24, 2.45) is 0 Å². The maximum absolute atomic E-state index is 5.39. The summed E-state index contributed by atoms with van der Waals surface area (Å²) in [7, 11) is 1.72. The van der Waals surface area contributed by atoms with Crippen LogP contribution in [0.4, 0.5) is 0 Å². The van der Waals surface area contributed by atoms with Gasteiger partial charge in [-0.25, -0.2) is 0 Å². The van der Waals surface area contributed by atoms with Gasteiger partial charge in [-0.2, -0.15) is 0 Å². The molecule has 0 radical (unpaired) electrons. The highest BCUT2D eigenvalue weighted by Crippen LogP contribution is 2.20. The van der Waals surface area contributed by atoms with Crippen molar-refractivity contribution in [3.8, 4) is 18.1 Å². The Morgan fingerprint density at radius 1 is 1.39 bits per heavy atom. The molecule has 98 valence electrons. The molecule has 2 heteroatoms. The molecule has 1 aromatic carbocycles. The quantitative estimate of drug-likeness (QED) is 0.711. The number of methoxy groups -OCH3 is 1. The van der Waals surface area contributed by atoms with Gasteiger partial charge in [-0.15, -0.1) is 12.3 Å². The molecule has 0 bridgehead atoms. The third-order valence-corrected chi connectivity index (χ3v) is 2.98. The van der Waals surface area contributed by atoms with E-state index in [4.69, 9.17) is 11.2 Å². The van der Waals surface area contributed by atoms with Gasteiger partial charge in [0.2, 0.25) is 0 Å². The minimum atomic E-state index is 0.428. The highest BCUT2D eigenvalue weighted by molar-refractivity contribution is 5.33. The van der Waals surface area contributed by atoms with Gasteiger partial charge in [0, 0.05) is 12.5 Å². The van der Waals surface area contributed by atoms with E-state index in [9.17, 15) is 0 Å². The normalized spacial score (nSPS) is 11.8. The average Bonchev–Trinajstić information content (AvgIpc) is 2.42. The van der Waals surface area contributed by atoms with Crippen molar-refractivity contribution in [2.75, 3.05) is 13.7 Å². The molecular formula is C16H23NO. The van der Waals surface area contributed by atoms with Crippen LogP contribution < -0.4 is 10.1 Å². The van der Waals surface area contributed by atoms with Crippen LogP contribution in [0.1, 0.15) is 31.7 Å². The summed E-state index contributed by atoms with van der Waals surface area (Å²) in [5, 5.41) is 3.55. The van der Waals surface area contributed by atoms with Crippen LogP contribution in [-0.2, 0) is 6.42 Å².